The van der Waals surface area contributed by atoms with Gasteiger partial charge in [-0.25, -0.2) is 17.8 Å². The lowest BCUT2D eigenvalue weighted by molar-refractivity contribution is -0.120. The van der Waals surface area contributed by atoms with Gasteiger partial charge in [0.15, 0.2) is 14.8 Å². The van der Waals surface area contributed by atoms with E-state index < -0.39 is 9.84 Å². The number of aromatic nitrogens is 2. The minimum absolute atomic E-state index is 0.104. The molecule has 9 heteroatoms. The molecule has 31 heavy (non-hydrogen) atoms. The van der Waals surface area contributed by atoms with Crippen LogP contribution in [0.15, 0.2) is 65.7 Å². The highest BCUT2D eigenvalue weighted by molar-refractivity contribution is 7.91. The van der Waals surface area contributed by atoms with Crippen molar-refractivity contribution < 1.29 is 17.6 Å². The highest BCUT2D eigenvalue weighted by atomic mass is 32.2. The van der Waals surface area contributed by atoms with E-state index in [1.54, 1.807) is 30.3 Å². The van der Waals surface area contributed by atoms with Gasteiger partial charge < -0.3 is 5.32 Å². The summed E-state index contributed by atoms with van der Waals surface area (Å²) in [6, 6.07) is 14.3. The molecule has 4 rings (SSSR count). The third kappa shape index (κ3) is 4.67. The van der Waals surface area contributed by atoms with Crippen LogP contribution in [0.25, 0.3) is 16.2 Å². The van der Waals surface area contributed by atoms with Crippen LogP contribution < -0.4 is 5.32 Å². The SMILES string of the molecule is Cc1c(CNC(=O)CCS(=O)(=O)c2ccccc2)sc2nc(-c3ccc(F)cc3)cn12. The molecule has 2 aromatic carbocycles. The standard InChI is InChI=1S/C22H20FN3O3S2/c1-15-20(13-24-21(27)11-12-31(28,29)18-5-3-2-4-6-18)30-22-25-19(14-26(15)22)16-7-9-17(23)10-8-16/h2-10,14H,11-13H2,1H3,(H,24,27). The fourth-order valence-electron chi connectivity index (χ4n) is 3.16. The zero-order valence-corrected chi connectivity index (χ0v) is 18.3. The zero-order valence-electron chi connectivity index (χ0n) is 16.7. The number of nitrogens with zero attached hydrogens (tertiary/aromatic N) is 2. The molecule has 0 radical (unpaired) electrons. The number of sulfone groups is 1. The molecule has 0 bridgehead atoms. The molecule has 1 amide bonds. The summed E-state index contributed by atoms with van der Waals surface area (Å²) in [6.07, 6.45) is 1.78. The number of halogens is 1. The number of aryl methyl sites for hydroxylation is 1. The summed E-state index contributed by atoms with van der Waals surface area (Å²) in [6.45, 7) is 2.23. The Morgan fingerprint density at radius 1 is 1.13 bits per heavy atom. The molecule has 0 spiro atoms. The summed E-state index contributed by atoms with van der Waals surface area (Å²) in [4.78, 5) is 18.7. The van der Waals surface area contributed by atoms with Crippen molar-refractivity contribution in [1.29, 1.82) is 0 Å². The number of fused-ring (bicyclic) bond motifs is 1. The molecule has 1 N–H and O–H groups in total. The fraction of sp³-hybridized carbons (Fsp3) is 0.182. The number of hydrogen-bond donors (Lipinski definition) is 1. The number of carbonyl (C=O) groups excluding carboxylic acids is 1. The van der Waals surface area contributed by atoms with Crippen LogP contribution in [0.2, 0.25) is 0 Å². The van der Waals surface area contributed by atoms with Crippen LogP contribution in [0.4, 0.5) is 4.39 Å². The van der Waals surface area contributed by atoms with Crippen LogP contribution in [0, 0.1) is 12.7 Å². The molecule has 0 saturated carbocycles. The number of hydrogen-bond acceptors (Lipinski definition) is 5. The molecule has 4 aromatic rings. The lowest BCUT2D eigenvalue weighted by Gasteiger charge is -2.06. The first-order valence-electron chi connectivity index (χ1n) is 9.61. The molecule has 0 aliphatic heterocycles. The van der Waals surface area contributed by atoms with E-state index in [1.165, 1.54) is 35.6 Å². The smallest absolute Gasteiger partial charge is 0.221 e. The third-order valence-electron chi connectivity index (χ3n) is 4.94. The summed E-state index contributed by atoms with van der Waals surface area (Å²) in [5, 5.41) is 2.79. The van der Waals surface area contributed by atoms with Crippen molar-refractivity contribution in [2.75, 3.05) is 5.75 Å². The van der Waals surface area contributed by atoms with Gasteiger partial charge in [-0.3, -0.25) is 9.20 Å². The van der Waals surface area contributed by atoms with Gasteiger partial charge in [0.2, 0.25) is 5.91 Å². The number of imidazole rings is 1. The Labute approximate surface area is 183 Å². The molecule has 2 aromatic heterocycles. The van der Waals surface area contributed by atoms with E-state index in [0.717, 1.165) is 26.8 Å². The van der Waals surface area contributed by atoms with Gasteiger partial charge in [-0.15, -0.1) is 0 Å². The van der Waals surface area contributed by atoms with E-state index in [2.05, 4.69) is 10.3 Å². The summed E-state index contributed by atoms with van der Waals surface area (Å²) >= 11 is 1.45. The Kier molecular flexibility index (Phi) is 5.88. The molecule has 6 nitrogen and oxygen atoms in total. The van der Waals surface area contributed by atoms with E-state index in [-0.39, 0.29) is 28.8 Å². The van der Waals surface area contributed by atoms with Crippen molar-refractivity contribution in [2.24, 2.45) is 0 Å². The summed E-state index contributed by atoms with van der Waals surface area (Å²) in [5.41, 5.74) is 2.51. The first-order chi connectivity index (χ1) is 14.8. The number of rotatable bonds is 7. The second-order valence-corrected chi connectivity index (χ2v) is 10.2. The van der Waals surface area contributed by atoms with Crippen LogP contribution in [0.3, 0.4) is 0 Å². The Bertz CT molecular complexity index is 1330. The number of carbonyl (C=O) groups is 1. The van der Waals surface area contributed by atoms with Crippen molar-refractivity contribution in [2.45, 2.75) is 24.8 Å². The molecule has 0 saturated heterocycles. The van der Waals surface area contributed by atoms with Gasteiger partial charge in [0, 0.05) is 28.8 Å². The lowest BCUT2D eigenvalue weighted by Crippen LogP contribution is -2.25. The maximum absolute atomic E-state index is 13.1. The summed E-state index contributed by atoms with van der Waals surface area (Å²) in [5.74, 6) is -0.858. The predicted octanol–water partition coefficient (Wildman–Crippen LogP) is 3.99. The Morgan fingerprint density at radius 3 is 2.52 bits per heavy atom. The summed E-state index contributed by atoms with van der Waals surface area (Å²) in [7, 11) is -3.49. The van der Waals surface area contributed by atoms with Gasteiger partial charge in [0.05, 0.1) is 22.9 Å². The van der Waals surface area contributed by atoms with Gasteiger partial charge in [0.25, 0.3) is 0 Å². The average Bonchev–Trinajstić information content (AvgIpc) is 3.31. The summed E-state index contributed by atoms with van der Waals surface area (Å²) < 4.78 is 39.7. The van der Waals surface area contributed by atoms with Crippen molar-refractivity contribution in [3.05, 3.63) is 77.2 Å². The monoisotopic (exact) mass is 457 g/mol. The Balaban J connectivity index is 1.38. The van der Waals surface area contributed by atoms with Crippen LogP contribution in [-0.2, 0) is 21.2 Å². The Hall–Kier alpha value is -3.04. The quantitative estimate of drug-likeness (QED) is 0.455. The minimum Gasteiger partial charge on any atom is -0.351 e. The van der Waals surface area contributed by atoms with Crippen molar-refractivity contribution in [3.8, 4) is 11.3 Å². The van der Waals surface area contributed by atoms with E-state index in [4.69, 9.17) is 0 Å². The molecule has 2 heterocycles. The minimum atomic E-state index is -3.49. The van der Waals surface area contributed by atoms with Gasteiger partial charge in [0.1, 0.15) is 5.82 Å². The van der Waals surface area contributed by atoms with Crippen LogP contribution in [0.1, 0.15) is 17.0 Å². The first-order valence-corrected chi connectivity index (χ1v) is 12.1. The zero-order chi connectivity index (χ0) is 22.0. The topological polar surface area (TPSA) is 80.5 Å². The van der Waals surface area contributed by atoms with Crippen LogP contribution in [-0.4, -0.2) is 29.5 Å². The molecular weight excluding hydrogens is 437 g/mol. The lowest BCUT2D eigenvalue weighted by atomic mass is 10.2. The largest absolute Gasteiger partial charge is 0.351 e. The van der Waals surface area contributed by atoms with Gasteiger partial charge in [-0.1, -0.05) is 29.5 Å². The first kappa shape index (κ1) is 21.2. The average molecular weight is 458 g/mol. The number of benzene rings is 2. The molecule has 0 unspecified atom stereocenters. The maximum Gasteiger partial charge on any atom is 0.221 e. The second-order valence-electron chi connectivity index (χ2n) is 7.05. The molecule has 160 valence electrons. The highest BCUT2D eigenvalue weighted by Crippen LogP contribution is 2.27. The number of thiazole rings is 1. The highest BCUT2D eigenvalue weighted by Gasteiger charge is 2.17. The van der Waals surface area contributed by atoms with Crippen LogP contribution >= 0.6 is 11.3 Å². The Morgan fingerprint density at radius 2 is 1.84 bits per heavy atom. The molecule has 0 fully saturated rings. The van der Waals surface area contributed by atoms with Crippen molar-refractivity contribution in [3.63, 3.8) is 0 Å². The van der Waals surface area contributed by atoms with Crippen LogP contribution in [0.5, 0.6) is 0 Å². The predicted molar refractivity (Wildman–Crippen MR) is 118 cm³/mol. The number of amides is 1. The second kappa shape index (κ2) is 8.60. The van der Waals surface area contributed by atoms with E-state index in [0.29, 0.717) is 6.54 Å². The normalized spacial score (nSPS) is 11.7. The van der Waals surface area contributed by atoms with E-state index in [1.807, 2.05) is 17.5 Å². The van der Waals surface area contributed by atoms with Crippen molar-refractivity contribution in [1.82, 2.24) is 14.7 Å². The van der Waals surface area contributed by atoms with Gasteiger partial charge in [-0.05, 0) is 43.3 Å². The molecular formula is C22H20FN3O3S2. The van der Waals surface area contributed by atoms with Gasteiger partial charge in [-0.2, -0.15) is 0 Å². The maximum atomic E-state index is 13.1. The molecule has 0 atom stereocenters. The number of nitrogens with one attached hydrogen (secondary N) is 1. The van der Waals surface area contributed by atoms with Gasteiger partial charge >= 0.3 is 0 Å². The molecule has 0 aliphatic carbocycles. The molecule has 0 aliphatic rings. The fourth-order valence-corrected chi connectivity index (χ4v) is 5.46. The third-order valence-corrected chi connectivity index (χ3v) is 7.83. The van der Waals surface area contributed by atoms with E-state index in [9.17, 15) is 17.6 Å². The van der Waals surface area contributed by atoms with E-state index >= 15 is 0 Å². The van der Waals surface area contributed by atoms with Crippen molar-refractivity contribution >= 4 is 32.0 Å².